The maximum absolute atomic E-state index is 5.88. The minimum absolute atomic E-state index is 0.462. The predicted molar refractivity (Wildman–Crippen MR) is 67.9 cm³/mol. The van der Waals surface area contributed by atoms with Gasteiger partial charge in [-0.05, 0) is 40.5 Å². The van der Waals surface area contributed by atoms with E-state index in [1.165, 1.54) is 0 Å². The summed E-state index contributed by atoms with van der Waals surface area (Å²) in [7, 11) is 0. The molecule has 0 bridgehead atoms. The number of hydrogen-bond acceptors (Lipinski definition) is 3. The number of rotatable bonds is 2. The van der Waals surface area contributed by atoms with Crippen LogP contribution in [0.2, 0.25) is 5.02 Å². The molecule has 0 aliphatic carbocycles. The van der Waals surface area contributed by atoms with Crippen molar-refractivity contribution in [1.82, 2.24) is 15.0 Å². The Labute approximate surface area is 107 Å². The number of nitrogen functional groups attached to an aromatic ring is 1. The molecule has 1 heterocycles. The average Bonchev–Trinajstić information content (AvgIpc) is 2.59. The van der Waals surface area contributed by atoms with Gasteiger partial charge >= 0.3 is 0 Å². The molecule has 0 spiro atoms. The second-order valence-corrected chi connectivity index (χ2v) is 4.57. The molecule has 2 rings (SSSR count). The van der Waals surface area contributed by atoms with E-state index in [4.69, 9.17) is 17.3 Å². The summed E-state index contributed by atoms with van der Waals surface area (Å²) in [6, 6.07) is 5.49. The third-order valence-electron chi connectivity index (χ3n) is 2.27. The second-order valence-electron chi connectivity index (χ2n) is 3.28. The van der Waals surface area contributed by atoms with Gasteiger partial charge in [-0.1, -0.05) is 23.7 Å². The number of halogens is 2. The summed E-state index contributed by atoms with van der Waals surface area (Å²) in [5.41, 5.74) is 7.51. The molecular weight excluding hydrogens is 291 g/mol. The van der Waals surface area contributed by atoms with E-state index in [1.54, 1.807) is 10.7 Å². The number of nitrogens with zero attached hydrogens (tertiary/aromatic N) is 3. The van der Waals surface area contributed by atoms with Gasteiger partial charge in [0.1, 0.15) is 0 Å². The molecule has 1 aromatic heterocycles. The topological polar surface area (TPSA) is 56.7 Å². The van der Waals surface area contributed by atoms with Gasteiger partial charge in [0.2, 0.25) is 0 Å². The molecule has 4 nitrogen and oxygen atoms in total. The normalized spacial score (nSPS) is 10.7. The molecule has 2 N–H and O–H groups in total. The molecule has 84 valence electrons. The maximum atomic E-state index is 5.88. The van der Waals surface area contributed by atoms with Gasteiger partial charge in [0, 0.05) is 9.50 Å². The number of benzene rings is 1. The summed E-state index contributed by atoms with van der Waals surface area (Å²) < 4.78 is 2.58. The van der Waals surface area contributed by atoms with Gasteiger partial charge in [-0.15, -0.1) is 5.10 Å². The van der Waals surface area contributed by atoms with Crippen molar-refractivity contribution in [2.75, 3.05) is 5.73 Å². The van der Waals surface area contributed by atoms with Crippen molar-refractivity contribution in [2.24, 2.45) is 0 Å². The van der Waals surface area contributed by atoms with Crippen LogP contribution in [0.3, 0.4) is 0 Å². The Morgan fingerprint density at radius 3 is 2.88 bits per heavy atom. The van der Waals surface area contributed by atoms with Crippen molar-refractivity contribution in [2.45, 2.75) is 13.3 Å². The first-order chi connectivity index (χ1) is 7.63. The molecule has 0 amide bonds. The van der Waals surface area contributed by atoms with Crippen LogP contribution in [0.15, 0.2) is 22.7 Å². The second kappa shape index (κ2) is 4.43. The van der Waals surface area contributed by atoms with Crippen molar-refractivity contribution in [3.63, 3.8) is 0 Å². The zero-order chi connectivity index (χ0) is 11.7. The van der Waals surface area contributed by atoms with Crippen LogP contribution in [0.25, 0.3) is 5.69 Å². The number of hydrogen-bond donors (Lipinski definition) is 1. The summed E-state index contributed by atoms with van der Waals surface area (Å²) in [5.74, 6) is 0.462. The summed E-state index contributed by atoms with van der Waals surface area (Å²) >= 11 is 9.33. The number of anilines is 1. The van der Waals surface area contributed by atoms with E-state index in [2.05, 4.69) is 26.2 Å². The van der Waals surface area contributed by atoms with Crippen molar-refractivity contribution >= 4 is 33.3 Å². The van der Waals surface area contributed by atoms with E-state index < -0.39 is 0 Å². The van der Waals surface area contributed by atoms with Crippen molar-refractivity contribution in [3.05, 3.63) is 33.4 Å². The van der Waals surface area contributed by atoms with Gasteiger partial charge in [0.25, 0.3) is 0 Å². The summed E-state index contributed by atoms with van der Waals surface area (Å²) in [4.78, 5) is 0. The van der Waals surface area contributed by atoms with E-state index in [-0.39, 0.29) is 0 Å². The third-order valence-corrected chi connectivity index (χ3v) is 3.14. The standard InChI is InChI=1S/C10H10BrClN4/c1-2-8-10(13)14-15-16(8)9-4-3-6(12)5-7(9)11/h3-5H,2,13H2,1H3. The Bertz CT molecular complexity index is 524. The van der Waals surface area contributed by atoms with Crippen molar-refractivity contribution in [3.8, 4) is 5.69 Å². The first-order valence-electron chi connectivity index (χ1n) is 4.79. The highest BCUT2D eigenvalue weighted by Gasteiger charge is 2.12. The molecule has 0 fully saturated rings. The Morgan fingerprint density at radius 2 is 2.25 bits per heavy atom. The van der Waals surface area contributed by atoms with Crippen LogP contribution in [0.1, 0.15) is 12.6 Å². The van der Waals surface area contributed by atoms with Crippen LogP contribution in [-0.4, -0.2) is 15.0 Å². The zero-order valence-electron chi connectivity index (χ0n) is 8.61. The Balaban J connectivity index is 2.58. The average molecular weight is 302 g/mol. The minimum atomic E-state index is 0.462. The summed E-state index contributed by atoms with van der Waals surface area (Å²) in [6.07, 6.45) is 0.772. The molecule has 2 aromatic rings. The fraction of sp³-hybridized carbons (Fsp3) is 0.200. The molecule has 0 aliphatic heterocycles. The predicted octanol–water partition coefficient (Wildman–Crippen LogP) is 2.83. The lowest BCUT2D eigenvalue weighted by Crippen LogP contribution is -2.03. The van der Waals surface area contributed by atoms with Crippen molar-refractivity contribution in [1.29, 1.82) is 0 Å². The van der Waals surface area contributed by atoms with Gasteiger partial charge in [0.05, 0.1) is 11.4 Å². The van der Waals surface area contributed by atoms with Gasteiger partial charge in [0.15, 0.2) is 5.82 Å². The molecule has 16 heavy (non-hydrogen) atoms. The fourth-order valence-electron chi connectivity index (χ4n) is 1.49. The van der Waals surface area contributed by atoms with Crippen LogP contribution < -0.4 is 5.73 Å². The molecule has 1 aromatic carbocycles. The maximum Gasteiger partial charge on any atom is 0.169 e. The molecule has 0 aliphatic rings. The van der Waals surface area contributed by atoms with Gasteiger partial charge in [-0.25, -0.2) is 4.68 Å². The molecule has 6 heteroatoms. The highest BCUT2D eigenvalue weighted by atomic mass is 79.9. The van der Waals surface area contributed by atoms with Crippen LogP contribution in [0, 0.1) is 0 Å². The van der Waals surface area contributed by atoms with Crippen LogP contribution in [-0.2, 0) is 6.42 Å². The molecule has 0 radical (unpaired) electrons. The Morgan fingerprint density at radius 1 is 1.50 bits per heavy atom. The van der Waals surface area contributed by atoms with E-state index in [0.717, 1.165) is 22.3 Å². The molecule has 0 atom stereocenters. The molecule has 0 saturated heterocycles. The molecular formula is C10H10BrClN4. The van der Waals surface area contributed by atoms with Gasteiger partial charge in [-0.3, -0.25) is 0 Å². The SMILES string of the molecule is CCc1c(N)nnn1-c1ccc(Cl)cc1Br. The minimum Gasteiger partial charge on any atom is -0.381 e. The van der Waals surface area contributed by atoms with Gasteiger partial charge < -0.3 is 5.73 Å². The lowest BCUT2D eigenvalue weighted by molar-refractivity contribution is 0.764. The largest absolute Gasteiger partial charge is 0.381 e. The van der Waals surface area contributed by atoms with Crippen LogP contribution in [0.5, 0.6) is 0 Å². The fourth-order valence-corrected chi connectivity index (χ4v) is 2.34. The van der Waals surface area contributed by atoms with Gasteiger partial charge in [-0.2, -0.15) is 0 Å². The van der Waals surface area contributed by atoms with E-state index in [1.807, 2.05) is 19.1 Å². The monoisotopic (exact) mass is 300 g/mol. The third kappa shape index (κ3) is 1.92. The molecule has 0 saturated carbocycles. The van der Waals surface area contributed by atoms with Crippen molar-refractivity contribution < 1.29 is 0 Å². The van der Waals surface area contributed by atoms with E-state index >= 15 is 0 Å². The Hall–Kier alpha value is -1.07. The highest BCUT2D eigenvalue weighted by Crippen LogP contribution is 2.26. The summed E-state index contributed by atoms with van der Waals surface area (Å²) in [6.45, 7) is 2.01. The first kappa shape index (κ1) is 11.4. The highest BCUT2D eigenvalue weighted by molar-refractivity contribution is 9.10. The molecule has 0 unspecified atom stereocenters. The van der Waals surface area contributed by atoms with Crippen LogP contribution >= 0.6 is 27.5 Å². The van der Waals surface area contributed by atoms with E-state index in [0.29, 0.717) is 10.8 Å². The Kier molecular flexibility index (Phi) is 3.16. The van der Waals surface area contributed by atoms with E-state index in [9.17, 15) is 0 Å². The number of nitrogens with two attached hydrogens (primary N) is 1. The lowest BCUT2D eigenvalue weighted by Gasteiger charge is -2.07. The zero-order valence-corrected chi connectivity index (χ0v) is 11.0. The number of aromatic nitrogens is 3. The summed E-state index contributed by atoms with van der Waals surface area (Å²) in [5, 5.41) is 8.55. The first-order valence-corrected chi connectivity index (χ1v) is 5.96. The van der Waals surface area contributed by atoms with Crippen LogP contribution in [0.4, 0.5) is 5.82 Å². The smallest absolute Gasteiger partial charge is 0.169 e. The quantitative estimate of drug-likeness (QED) is 0.928. The lowest BCUT2D eigenvalue weighted by atomic mass is 10.3.